The van der Waals surface area contributed by atoms with E-state index in [2.05, 4.69) is 15.9 Å². The average molecular weight is 348 g/mol. The molecule has 0 aromatic heterocycles. The van der Waals surface area contributed by atoms with Gasteiger partial charge in [-0.25, -0.2) is 0 Å². The van der Waals surface area contributed by atoms with Gasteiger partial charge in [0.15, 0.2) is 11.5 Å². The first-order valence-corrected chi connectivity index (χ1v) is 9.56. The molecule has 2 atom stereocenters. The zero-order valence-corrected chi connectivity index (χ0v) is 15.6. The number of ether oxygens (including phenoxy) is 2. The molecule has 0 unspecified atom stereocenters. The highest BCUT2D eigenvalue weighted by Gasteiger charge is 2.32. The molecule has 2 fully saturated rings. The highest BCUT2D eigenvalue weighted by Crippen LogP contribution is 2.29. The number of β-amino-alcohol motifs (C(OH)–C–C–N with tert-alkyl or cyclic N) is 1. The van der Waals surface area contributed by atoms with Gasteiger partial charge in [-0.2, -0.15) is 0 Å². The van der Waals surface area contributed by atoms with Gasteiger partial charge in [0.25, 0.3) is 0 Å². The van der Waals surface area contributed by atoms with Gasteiger partial charge >= 0.3 is 0 Å². The monoisotopic (exact) mass is 348 g/mol. The number of aliphatic hydroxyl groups is 1. The molecular formula is C20H32N2O3. The van der Waals surface area contributed by atoms with Crippen LogP contribution in [0.5, 0.6) is 11.5 Å². The second-order valence-electron chi connectivity index (χ2n) is 7.30. The van der Waals surface area contributed by atoms with Crippen molar-refractivity contribution in [3.63, 3.8) is 0 Å². The predicted molar refractivity (Wildman–Crippen MR) is 99.3 cm³/mol. The number of piperidine rings is 1. The molecule has 2 aliphatic rings. The summed E-state index contributed by atoms with van der Waals surface area (Å²) in [6, 6.07) is 6.40. The first-order valence-electron chi connectivity index (χ1n) is 9.56. The molecule has 1 aromatic rings. The van der Waals surface area contributed by atoms with Crippen LogP contribution in [0.2, 0.25) is 0 Å². The van der Waals surface area contributed by atoms with E-state index in [1.165, 1.54) is 31.2 Å². The van der Waals surface area contributed by atoms with Crippen molar-refractivity contribution >= 4 is 0 Å². The maximum atomic E-state index is 10.7. The molecule has 2 saturated heterocycles. The molecule has 0 spiro atoms. The fraction of sp³-hybridized carbons (Fsp3) is 0.700. The van der Waals surface area contributed by atoms with E-state index in [-0.39, 0.29) is 6.10 Å². The Morgan fingerprint density at radius 1 is 1.00 bits per heavy atom. The van der Waals surface area contributed by atoms with Crippen molar-refractivity contribution < 1.29 is 14.6 Å². The molecule has 2 heterocycles. The number of rotatable bonds is 5. The average Bonchev–Trinajstić information content (AvgIpc) is 2.91. The van der Waals surface area contributed by atoms with Crippen LogP contribution in [0.1, 0.15) is 37.7 Å². The van der Waals surface area contributed by atoms with Crippen LogP contribution in [0.25, 0.3) is 0 Å². The molecule has 3 rings (SSSR count). The smallest absolute Gasteiger partial charge is 0.161 e. The summed E-state index contributed by atoms with van der Waals surface area (Å²) >= 11 is 0. The van der Waals surface area contributed by atoms with E-state index in [4.69, 9.17) is 9.47 Å². The number of benzene rings is 1. The fourth-order valence-corrected chi connectivity index (χ4v) is 4.22. The van der Waals surface area contributed by atoms with Crippen LogP contribution < -0.4 is 9.47 Å². The lowest BCUT2D eigenvalue weighted by molar-refractivity contribution is -0.0144. The number of methoxy groups -OCH3 is 2. The Labute approximate surface area is 151 Å². The Hall–Kier alpha value is -1.30. The predicted octanol–water partition coefficient (Wildman–Crippen LogP) is 2.52. The van der Waals surface area contributed by atoms with E-state index in [0.29, 0.717) is 6.04 Å². The summed E-state index contributed by atoms with van der Waals surface area (Å²) in [5.74, 6) is 1.52. The zero-order valence-electron chi connectivity index (χ0n) is 15.6. The number of hydrogen-bond donors (Lipinski definition) is 1. The molecule has 25 heavy (non-hydrogen) atoms. The third kappa shape index (κ3) is 4.66. The summed E-state index contributed by atoms with van der Waals surface area (Å²) in [4.78, 5) is 4.88. The van der Waals surface area contributed by atoms with Crippen molar-refractivity contribution in [1.29, 1.82) is 0 Å². The Morgan fingerprint density at radius 2 is 1.72 bits per heavy atom. The number of likely N-dealkylation sites (tertiary alicyclic amines) is 2. The van der Waals surface area contributed by atoms with E-state index < -0.39 is 0 Å². The molecule has 1 aromatic carbocycles. The summed E-state index contributed by atoms with van der Waals surface area (Å²) in [6.07, 6.45) is 6.02. The van der Waals surface area contributed by atoms with Gasteiger partial charge in [-0.15, -0.1) is 0 Å². The standard InChI is InChI=1S/C20H32N2O3/c1-24-19-8-7-16(13-20(19)25-2)14-21-12-9-17(18(23)15-21)22-10-5-3-4-6-11-22/h7-8,13,17-18,23H,3-6,9-12,14-15H2,1-2H3/t17-,18-/m0/s1. The number of nitrogens with zero attached hydrogens (tertiary/aromatic N) is 2. The molecule has 0 amide bonds. The zero-order chi connectivity index (χ0) is 17.6. The third-order valence-corrected chi connectivity index (χ3v) is 5.59. The van der Waals surface area contributed by atoms with Crippen molar-refractivity contribution in [2.75, 3.05) is 40.4 Å². The molecule has 5 heteroatoms. The van der Waals surface area contributed by atoms with Gasteiger partial charge in [-0.3, -0.25) is 9.80 Å². The van der Waals surface area contributed by atoms with Gasteiger partial charge in [0, 0.05) is 25.7 Å². The van der Waals surface area contributed by atoms with E-state index in [9.17, 15) is 5.11 Å². The van der Waals surface area contributed by atoms with Gasteiger partial charge in [0.2, 0.25) is 0 Å². The summed E-state index contributed by atoms with van der Waals surface area (Å²) in [7, 11) is 3.32. The minimum Gasteiger partial charge on any atom is -0.493 e. The Balaban J connectivity index is 1.57. The van der Waals surface area contributed by atoms with E-state index in [1.807, 2.05) is 12.1 Å². The lowest BCUT2D eigenvalue weighted by Crippen LogP contribution is -2.54. The number of aliphatic hydroxyl groups excluding tert-OH is 1. The summed E-state index contributed by atoms with van der Waals surface area (Å²) < 4.78 is 10.7. The molecule has 1 N–H and O–H groups in total. The molecular weight excluding hydrogens is 316 g/mol. The molecule has 0 bridgehead atoms. The fourth-order valence-electron chi connectivity index (χ4n) is 4.22. The third-order valence-electron chi connectivity index (χ3n) is 5.59. The van der Waals surface area contributed by atoms with Crippen molar-refractivity contribution in [3.05, 3.63) is 23.8 Å². The van der Waals surface area contributed by atoms with Crippen molar-refractivity contribution in [2.45, 2.75) is 50.8 Å². The Morgan fingerprint density at radius 3 is 2.36 bits per heavy atom. The van der Waals surface area contributed by atoms with Crippen LogP contribution in [0, 0.1) is 0 Å². The minimum absolute atomic E-state index is 0.257. The highest BCUT2D eigenvalue weighted by molar-refractivity contribution is 5.42. The molecule has 140 valence electrons. The molecule has 0 radical (unpaired) electrons. The molecule has 0 aliphatic carbocycles. The Bertz CT molecular complexity index is 544. The Kier molecular flexibility index (Phi) is 6.57. The minimum atomic E-state index is -0.257. The van der Waals surface area contributed by atoms with E-state index in [0.717, 1.165) is 50.6 Å². The van der Waals surface area contributed by atoms with Crippen molar-refractivity contribution in [1.82, 2.24) is 9.80 Å². The number of hydrogen-bond acceptors (Lipinski definition) is 5. The van der Waals surface area contributed by atoms with Gasteiger partial charge in [-0.1, -0.05) is 18.9 Å². The van der Waals surface area contributed by atoms with Crippen molar-refractivity contribution in [3.8, 4) is 11.5 Å². The van der Waals surface area contributed by atoms with Gasteiger partial charge < -0.3 is 14.6 Å². The van der Waals surface area contributed by atoms with Gasteiger partial charge in [0.05, 0.1) is 20.3 Å². The van der Waals surface area contributed by atoms with E-state index >= 15 is 0 Å². The summed E-state index contributed by atoms with van der Waals surface area (Å²) in [6.45, 7) is 4.92. The van der Waals surface area contributed by atoms with E-state index in [1.54, 1.807) is 14.2 Å². The van der Waals surface area contributed by atoms with Gasteiger partial charge in [0.1, 0.15) is 0 Å². The first kappa shape index (κ1) is 18.5. The van der Waals surface area contributed by atoms with Crippen LogP contribution in [0.3, 0.4) is 0 Å². The topological polar surface area (TPSA) is 45.2 Å². The van der Waals surface area contributed by atoms with Crippen LogP contribution in [0.15, 0.2) is 18.2 Å². The summed E-state index contributed by atoms with van der Waals surface area (Å²) in [5.41, 5.74) is 1.19. The van der Waals surface area contributed by atoms with Gasteiger partial charge in [-0.05, 0) is 50.0 Å². The SMILES string of the molecule is COc1ccc(CN2CC[C@H](N3CCCCCC3)[C@@H](O)C2)cc1OC. The normalized spacial score (nSPS) is 26.2. The molecule has 5 nitrogen and oxygen atoms in total. The highest BCUT2D eigenvalue weighted by atomic mass is 16.5. The lowest BCUT2D eigenvalue weighted by Gasteiger charge is -2.41. The quantitative estimate of drug-likeness (QED) is 0.886. The van der Waals surface area contributed by atoms with Crippen LogP contribution in [-0.4, -0.2) is 67.5 Å². The largest absolute Gasteiger partial charge is 0.493 e. The maximum Gasteiger partial charge on any atom is 0.161 e. The van der Waals surface area contributed by atoms with Crippen LogP contribution in [0.4, 0.5) is 0 Å². The molecule has 0 saturated carbocycles. The second-order valence-corrected chi connectivity index (χ2v) is 7.30. The van der Waals surface area contributed by atoms with Crippen molar-refractivity contribution in [2.24, 2.45) is 0 Å². The van der Waals surface area contributed by atoms with Crippen LogP contribution in [-0.2, 0) is 6.54 Å². The maximum absolute atomic E-state index is 10.7. The molecule has 2 aliphatic heterocycles. The van der Waals surface area contributed by atoms with Crippen LogP contribution >= 0.6 is 0 Å². The lowest BCUT2D eigenvalue weighted by atomic mass is 9.99. The first-order chi connectivity index (χ1) is 12.2. The second kappa shape index (κ2) is 8.88. The summed E-state index contributed by atoms with van der Waals surface area (Å²) in [5, 5.41) is 10.7.